The van der Waals surface area contributed by atoms with Crippen LogP contribution in [0, 0.1) is 11.8 Å². The van der Waals surface area contributed by atoms with Crippen molar-refractivity contribution in [2.45, 2.75) is 33.2 Å². The first-order valence-corrected chi connectivity index (χ1v) is 9.43. The molecule has 2 aliphatic rings. The lowest BCUT2D eigenvalue weighted by Gasteiger charge is -2.38. The number of piperidine rings is 1. The van der Waals surface area contributed by atoms with Crippen molar-refractivity contribution in [1.82, 2.24) is 20.0 Å². The molecule has 2 aliphatic heterocycles. The molecular weight excluding hydrogens is 320 g/mol. The molecule has 7 heteroatoms. The number of carbonyl (C=O) groups excluding carboxylic acids is 2. The van der Waals surface area contributed by atoms with Gasteiger partial charge in [0.2, 0.25) is 5.91 Å². The molecule has 0 saturated carbocycles. The van der Waals surface area contributed by atoms with Crippen LogP contribution in [0.4, 0.5) is 4.79 Å². The molecule has 0 aromatic carbocycles. The van der Waals surface area contributed by atoms with Crippen molar-refractivity contribution >= 4 is 11.9 Å². The lowest BCUT2D eigenvalue weighted by molar-refractivity contribution is -0.135. The van der Waals surface area contributed by atoms with Crippen molar-refractivity contribution in [3.63, 3.8) is 0 Å². The van der Waals surface area contributed by atoms with Gasteiger partial charge < -0.3 is 19.9 Å². The maximum Gasteiger partial charge on any atom is 0.317 e. The number of methoxy groups -OCH3 is 1. The van der Waals surface area contributed by atoms with Gasteiger partial charge in [-0.1, -0.05) is 13.8 Å². The van der Waals surface area contributed by atoms with E-state index in [4.69, 9.17) is 4.74 Å². The van der Waals surface area contributed by atoms with Crippen molar-refractivity contribution < 1.29 is 14.3 Å². The fraction of sp³-hybridized carbons (Fsp3) is 0.889. The van der Waals surface area contributed by atoms with Crippen molar-refractivity contribution in [3.05, 3.63) is 0 Å². The lowest BCUT2D eigenvalue weighted by atomic mass is 9.92. The van der Waals surface area contributed by atoms with E-state index in [1.54, 1.807) is 7.11 Å². The smallest absolute Gasteiger partial charge is 0.317 e. The maximum absolute atomic E-state index is 12.6. The SMILES string of the molecule is COCC(C)NC(=O)N1CCN(CC(=O)N2CC(C)CC(C)C2)CC1. The van der Waals surface area contributed by atoms with Crippen LogP contribution in [-0.2, 0) is 9.53 Å². The van der Waals surface area contributed by atoms with Crippen LogP contribution in [0.15, 0.2) is 0 Å². The Morgan fingerprint density at radius 2 is 1.68 bits per heavy atom. The van der Waals surface area contributed by atoms with Gasteiger partial charge in [-0.05, 0) is 25.2 Å². The Morgan fingerprint density at radius 3 is 2.24 bits per heavy atom. The van der Waals surface area contributed by atoms with Gasteiger partial charge in [0.1, 0.15) is 0 Å². The van der Waals surface area contributed by atoms with E-state index in [1.807, 2.05) is 16.7 Å². The van der Waals surface area contributed by atoms with Crippen molar-refractivity contribution in [2.24, 2.45) is 11.8 Å². The summed E-state index contributed by atoms with van der Waals surface area (Å²) in [7, 11) is 1.63. The summed E-state index contributed by atoms with van der Waals surface area (Å²) in [5, 5.41) is 2.94. The molecular formula is C18H34N4O3. The van der Waals surface area contributed by atoms with E-state index >= 15 is 0 Å². The van der Waals surface area contributed by atoms with Crippen LogP contribution in [0.3, 0.4) is 0 Å². The number of likely N-dealkylation sites (tertiary alicyclic amines) is 1. The van der Waals surface area contributed by atoms with Crippen LogP contribution >= 0.6 is 0 Å². The van der Waals surface area contributed by atoms with Crippen LogP contribution in [-0.4, -0.2) is 92.2 Å². The van der Waals surface area contributed by atoms with E-state index in [-0.39, 0.29) is 18.0 Å². The third-order valence-corrected chi connectivity index (χ3v) is 5.03. The third-order valence-electron chi connectivity index (χ3n) is 5.03. The number of amides is 3. The molecule has 2 fully saturated rings. The number of ether oxygens (including phenoxy) is 1. The van der Waals surface area contributed by atoms with E-state index in [9.17, 15) is 9.59 Å². The van der Waals surface area contributed by atoms with Gasteiger partial charge in [0.05, 0.1) is 19.2 Å². The second-order valence-electron chi connectivity index (χ2n) is 7.81. The van der Waals surface area contributed by atoms with Gasteiger partial charge in [-0.25, -0.2) is 4.79 Å². The molecule has 25 heavy (non-hydrogen) atoms. The van der Waals surface area contributed by atoms with Gasteiger partial charge in [-0.3, -0.25) is 9.69 Å². The van der Waals surface area contributed by atoms with E-state index in [0.717, 1.165) is 26.2 Å². The fourth-order valence-corrected chi connectivity index (χ4v) is 3.86. The Hall–Kier alpha value is -1.34. The number of hydrogen-bond donors (Lipinski definition) is 1. The van der Waals surface area contributed by atoms with Crippen molar-refractivity contribution in [1.29, 1.82) is 0 Å². The van der Waals surface area contributed by atoms with Gasteiger partial charge >= 0.3 is 6.03 Å². The van der Waals surface area contributed by atoms with Crippen LogP contribution in [0.1, 0.15) is 27.2 Å². The number of rotatable bonds is 5. The zero-order valence-corrected chi connectivity index (χ0v) is 16.2. The minimum absolute atomic E-state index is 0.000174. The van der Waals surface area contributed by atoms with Gasteiger partial charge in [-0.2, -0.15) is 0 Å². The summed E-state index contributed by atoms with van der Waals surface area (Å²) in [4.78, 5) is 30.8. The highest BCUT2D eigenvalue weighted by atomic mass is 16.5. The van der Waals surface area contributed by atoms with Crippen molar-refractivity contribution in [2.75, 3.05) is 59.5 Å². The topological polar surface area (TPSA) is 65.1 Å². The Balaban J connectivity index is 1.73. The molecule has 0 aromatic heterocycles. The molecule has 0 aliphatic carbocycles. The molecule has 0 bridgehead atoms. The number of piperazine rings is 1. The highest BCUT2D eigenvalue weighted by molar-refractivity contribution is 5.78. The number of nitrogens with one attached hydrogen (secondary N) is 1. The zero-order valence-electron chi connectivity index (χ0n) is 16.2. The van der Waals surface area contributed by atoms with Crippen LogP contribution in [0.25, 0.3) is 0 Å². The first-order valence-electron chi connectivity index (χ1n) is 9.43. The van der Waals surface area contributed by atoms with Crippen LogP contribution < -0.4 is 5.32 Å². The predicted molar refractivity (Wildman–Crippen MR) is 97.4 cm³/mol. The minimum atomic E-state index is -0.0470. The standard InChI is InChI=1S/C18H34N4O3/c1-14-9-15(2)11-22(10-14)17(23)12-20-5-7-21(8-6-20)18(24)19-16(3)13-25-4/h14-16H,5-13H2,1-4H3,(H,19,24). The first kappa shape index (κ1) is 20.0. The van der Waals surface area contributed by atoms with E-state index in [2.05, 4.69) is 24.1 Å². The molecule has 0 spiro atoms. The highest BCUT2D eigenvalue weighted by Crippen LogP contribution is 2.21. The van der Waals surface area contributed by atoms with Gasteiger partial charge in [-0.15, -0.1) is 0 Å². The number of carbonyl (C=O) groups is 2. The van der Waals surface area contributed by atoms with E-state index in [0.29, 0.717) is 38.1 Å². The predicted octanol–water partition coefficient (Wildman–Crippen LogP) is 0.853. The van der Waals surface area contributed by atoms with Crippen molar-refractivity contribution in [3.8, 4) is 0 Å². The third kappa shape index (κ3) is 6.15. The molecule has 7 nitrogen and oxygen atoms in total. The first-order chi connectivity index (χ1) is 11.9. The minimum Gasteiger partial charge on any atom is -0.383 e. The Morgan fingerprint density at radius 1 is 1.08 bits per heavy atom. The lowest BCUT2D eigenvalue weighted by Crippen LogP contribution is -2.55. The van der Waals surface area contributed by atoms with Gasteiger partial charge in [0, 0.05) is 46.4 Å². The second kappa shape index (κ2) is 9.38. The average molecular weight is 354 g/mol. The molecule has 0 aromatic rings. The molecule has 2 rings (SSSR count). The maximum atomic E-state index is 12.6. The fourth-order valence-electron chi connectivity index (χ4n) is 3.86. The summed E-state index contributed by atoms with van der Waals surface area (Å²) in [6.45, 7) is 11.9. The molecule has 144 valence electrons. The van der Waals surface area contributed by atoms with Gasteiger partial charge in [0.15, 0.2) is 0 Å². The number of urea groups is 1. The molecule has 3 unspecified atom stereocenters. The Bertz CT molecular complexity index is 442. The molecule has 2 heterocycles. The molecule has 1 N–H and O–H groups in total. The molecule has 0 radical (unpaired) electrons. The van der Waals surface area contributed by atoms with E-state index in [1.165, 1.54) is 6.42 Å². The summed E-state index contributed by atoms with van der Waals surface area (Å²) < 4.78 is 5.04. The summed E-state index contributed by atoms with van der Waals surface area (Å²) in [5.74, 6) is 1.40. The van der Waals surface area contributed by atoms with Gasteiger partial charge in [0.25, 0.3) is 0 Å². The Kier molecular flexibility index (Phi) is 7.50. The largest absolute Gasteiger partial charge is 0.383 e. The summed E-state index contributed by atoms with van der Waals surface area (Å²) in [6.07, 6.45) is 1.21. The summed E-state index contributed by atoms with van der Waals surface area (Å²) >= 11 is 0. The summed E-state index contributed by atoms with van der Waals surface area (Å²) in [5.41, 5.74) is 0. The molecule has 3 amide bonds. The Labute approximate surface area is 151 Å². The molecule has 3 atom stereocenters. The monoisotopic (exact) mass is 354 g/mol. The molecule has 2 saturated heterocycles. The van der Waals surface area contributed by atoms with Crippen LogP contribution in [0.2, 0.25) is 0 Å². The zero-order chi connectivity index (χ0) is 18.4. The van der Waals surface area contributed by atoms with E-state index < -0.39 is 0 Å². The average Bonchev–Trinajstić information content (AvgIpc) is 2.54. The second-order valence-corrected chi connectivity index (χ2v) is 7.81. The normalized spacial score (nSPS) is 26.4. The quantitative estimate of drug-likeness (QED) is 0.795. The summed E-state index contributed by atoms with van der Waals surface area (Å²) in [6, 6.07) is -0.0469. The van der Waals surface area contributed by atoms with Crippen LogP contribution in [0.5, 0.6) is 0 Å². The number of nitrogens with zero attached hydrogens (tertiary/aromatic N) is 3. The highest BCUT2D eigenvalue weighted by Gasteiger charge is 2.28. The number of hydrogen-bond acceptors (Lipinski definition) is 4.